The third-order valence-corrected chi connectivity index (χ3v) is 1.61. The Bertz CT molecular complexity index is 126. The fourth-order valence-corrected chi connectivity index (χ4v) is 0.817. The molecule has 0 unspecified atom stereocenters. The molecule has 0 saturated heterocycles. The molecule has 0 spiro atoms. The molecule has 80 valence electrons. The predicted octanol–water partition coefficient (Wildman–Crippen LogP) is 1.01. The number of halogens is 1. The van der Waals surface area contributed by atoms with E-state index in [9.17, 15) is 0 Å². The molecule has 0 aliphatic heterocycles. The number of hydrogen-bond donors (Lipinski definition) is 1. The van der Waals surface area contributed by atoms with Crippen LogP contribution in [0.25, 0.3) is 0 Å². The molecule has 0 saturated carbocycles. The summed E-state index contributed by atoms with van der Waals surface area (Å²) < 4.78 is 2.16. The lowest BCUT2D eigenvalue weighted by Gasteiger charge is -2.05. The summed E-state index contributed by atoms with van der Waals surface area (Å²) in [5, 5.41) is 0. The SMILES string of the molecule is CCN(C)C=[N+](C)CCCN.CI. The summed E-state index contributed by atoms with van der Waals surface area (Å²) in [7, 11) is 4.14. The highest BCUT2D eigenvalue weighted by Gasteiger charge is 1.95. The molecule has 0 aromatic rings. The van der Waals surface area contributed by atoms with Gasteiger partial charge in [0.1, 0.15) is 0 Å². The van der Waals surface area contributed by atoms with Gasteiger partial charge < -0.3 is 5.73 Å². The standard InChI is InChI=1S/C8H20N3.CH3I/c1-4-10(2)8-11(3)7-5-6-9;1-2/h8H,4-7,9H2,1-3H3;1H3/q+1;. The van der Waals surface area contributed by atoms with Crippen molar-refractivity contribution in [1.82, 2.24) is 4.90 Å². The first kappa shape index (κ1) is 15.6. The average molecular weight is 300 g/mol. The third-order valence-electron chi connectivity index (χ3n) is 1.61. The summed E-state index contributed by atoms with van der Waals surface area (Å²) in [5.41, 5.74) is 5.39. The Morgan fingerprint density at radius 3 is 2.38 bits per heavy atom. The minimum Gasteiger partial charge on any atom is -0.330 e. The van der Waals surface area contributed by atoms with E-state index in [1.54, 1.807) is 0 Å². The second kappa shape index (κ2) is 12.2. The van der Waals surface area contributed by atoms with Gasteiger partial charge in [0.15, 0.2) is 0 Å². The number of rotatable bonds is 5. The minimum absolute atomic E-state index is 0.772. The van der Waals surface area contributed by atoms with Crippen LogP contribution < -0.4 is 5.73 Å². The first-order valence-corrected chi connectivity index (χ1v) is 6.69. The van der Waals surface area contributed by atoms with E-state index in [1.807, 2.05) is 4.93 Å². The number of hydrogen-bond acceptors (Lipinski definition) is 1. The zero-order valence-corrected chi connectivity index (χ0v) is 11.4. The van der Waals surface area contributed by atoms with E-state index in [1.165, 1.54) is 0 Å². The molecule has 0 atom stereocenters. The van der Waals surface area contributed by atoms with Gasteiger partial charge in [-0.05, 0) is 24.8 Å². The normalized spacial score (nSPS) is 10.5. The summed E-state index contributed by atoms with van der Waals surface area (Å²) in [5.74, 6) is 0. The van der Waals surface area contributed by atoms with E-state index < -0.39 is 0 Å². The van der Waals surface area contributed by atoms with Crippen LogP contribution in [0.2, 0.25) is 0 Å². The zero-order valence-electron chi connectivity index (χ0n) is 9.26. The van der Waals surface area contributed by atoms with E-state index >= 15 is 0 Å². The second-order valence-corrected chi connectivity index (χ2v) is 2.81. The zero-order chi connectivity index (χ0) is 10.7. The maximum absolute atomic E-state index is 5.39. The Morgan fingerprint density at radius 1 is 1.46 bits per heavy atom. The Labute approximate surface area is 96.1 Å². The highest BCUT2D eigenvalue weighted by Crippen LogP contribution is 1.78. The van der Waals surface area contributed by atoms with Gasteiger partial charge in [0.05, 0.1) is 27.2 Å². The molecule has 3 nitrogen and oxygen atoms in total. The molecule has 0 aliphatic carbocycles. The minimum atomic E-state index is 0.772. The van der Waals surface area contributed by atoms with Crippen molar-refractivity contribution in [2.45, 2.75) is 13.3 Å². The molecular formula is C9H23IN3+. The predicted molar refractivity (Wildman–Crippen MR) is 69.0 cm³/mol. The van der Waals surface area contributed by atoms with E-state index in [-0.39, 0.29) is 0 Å². The van der Waals surface area contributed by atoms with Crippen molar-refractivity contribution in [1.29, 1.82) is 0 Å². The lowest BCUT2D eigenvalue weighted by Crippen LogP contribution is -2.24. The Morgan fingerprint density at radius 2 is 2.00 bits per heavy atom. The Kier molecular flexibility index (Phi) is 14.6. The summed E-state index contributed by atoms with van der Waals surface area (Å²) in [6.45, 7) is 5.00. The molecule has 0 aromatic carbocycles. The van der Waals surface area contributed by atoms with Crippen LogP contribution >= 0.6 is 22.6 Å². The van der Waals surface area contributed by atoms with Crippen molar-refractivity contribution in [3.63, 3.8) is 0 Å². The number of nitrogens with zero attached hydrogens (tertiary/aromatic N) is 2. The molecule has 0 amide bonds. The van der Waals surface area contributed by atoms with Crippen LogP contribution in [0, 0.1) is 0 Å². The van der Waals surface area contributed by atoms with Crippen molar-refractivity contribution in [3.05, 3.63) is 0 Å². The number of alkyl halides is 1. The van der Waals surface area contributed by atoms with Crippen LogP contribution in [0.1, 0.15) is 13.3 Å². The summed E-state index contributed by atoms with van der Waals surface area (Å²) in [6.07, 6.45) is 3.17. The first-order chi connectivity index (χ1) is 6.20. The highest BCUT2D eigenvalue weighted by atomic mass is 127. The van der Waals surface area contributed by atoms with Crippen molar-refractivity contribution < 1.29 is 4.58 Å². The Balaban J connectivity index is 0. The van der Waals surface area contributed by atoms with Crippen LogP contribution in [0.5, 0.6) is 0 Å². The fraction of sp³-hybridized carbons (Fsp3) is 0.889. The quantitative estimate of drug-likeness (QED) is 0.270. The van der Waals surface area contributed by atoms with Crippen LogP contribution in [-0.4, -0.2) is 54.5 Å². The maximum atomic E-state index is 5.39. The smallest absolute Gasteiger partial charge is 0.233 e. The molecule has 0 bridgehead atoms. The molecule has 0 fully saturated rings. The van der Waals surface area contributed by atoms with Gasteiger partial charge in [-0.1, -0.05) is 22.6 Å². The van der Waals surface area contributed by atoms with E-state index in [2.05, 4.69) is 59.4 Å². The first-order valence-electron chi connectivity index (χ1n) is 4.54. The van der Waals surface area contributed by atoms with Gasteiger partial charge >= 0.3 is 0 Å². The fourth-order valence-electron chi connectivity index (χ4n) is 0.817. The molecular weight excluding hydrogens is 277 g/mol. The van der Waals surface area contributed by atoms with Gasteiger partial charge in [0.25, 0.3) is 0 Å². The van der Waals surface area contributed by atoms with E-state index in [0.717, 1.165) is 26.1 Å². The highest BCUT2D eigenvalue weighted by molar-refractivity contribution is 14.1. The van der Waals surface area contributed by atoms with Gasteiger partial charge in [-0.2, -0.15) is 0 Å². The average Bonchev–Trinajstić information content (AvgIpc) is 2.17. The van der Waals surface area contributed by atoms with Crippen molar-refractivity contribution in [3.8, 4) is 0 Å². The van der Waals surface area contributed by atoms with Crippen LogP contribution in [0.15, 0.2) is 0 Å². The maximum Gasteiger partial charge on any atom is 0.233 e. The lowest BCUT2D eigenvalue weighted by atomic mass is 10.4. The van der Waals surface area contributed by atoms with Crippen LogP contribution in [-0.2, 0) is 0 Å². The van der Waals surface area contributed by atoms with Gasteiger partial charge in [-0.3, -0.25) is 9.48 Å². The lowest BCUT2D eigenvalue weighted by molar-refractivity contribution is -0.497. The van der Waals surface area contributed by atoms with Gasteiger partial charge in [0.2, 0.25) is 6.34 Å². The monoisotopic (exact) mass is 300 g/mol. The van der Waals surface area contributed by atoms with Gasteiger partial charge in [-0.15, -0.1) is 0 Å². The molecule has 0 aromatic heterocycles. The topological polar surface area (TPSA) is 32.3 Å². The summed E-state index contributed by atoms with van der Waals surface area (Å²) >= 11 is 2.15. The molecule has 13 heavy (non-hydrogen) atoms. The van der Waals surface area contributed by atoms with Gasteiger partial charge in [0, 0.05) is 0 Å². The largest absolute Gasteiger partial charge is 0.330 e. The second-order valence-electron chi connectivity index (χ2n) is 2.81. The van der Waals surface area contributed by atoms with E-state index in [4.69, 9.17) is 5.73 Å². The number of nitrogens with two attached hydrogens (primary N) is 1. The van der Waals surface area contributed by atoms with Crippen LogP contribution in [0.3, 0.4) is 0 Å². The third kappa shape index (κ3) is 12.2. The van der Waals surface area contributed by atoms with Crippen molar-refractivity contribution in [2.75, 3.05) is 38.7 Å². The molecule has 0 aliphatic rings. The van der Waals surface area contributed by atoms with Crippen molar-refractivity contribution >= 4 is 28.9 Å². The van der Waals surface area contributed by atoms with Crippen LogP contribution in [0.4, 0.5) is 0 Å². The van der Waals surface area contributed by atoms with Gasteiger partial charge in [-0.25, -0.2) is 0 Å². The molecule has 4 heteroatoms. The molecule has 0 heterocycles. The van der Waals surface area contributed by atoms with E-state index in [0.29, 0.717) is 0 Å². The molecule has 0 radical (unpaired) electrons. The van der Waals surface area contributed by atoms with Crippen molar-refractivity contribution in [2.24, 2.45) is 5.73 Å². The Hall–Kier alpha value is 0.160. The summed E-state index contributed by atoms with van der Waals surface area (Å²) in [4.78, 5) is 4.12. The summed E-state index contributed by atoms with van der Waals surface area (Å²) in [6, 6.07) is 0. The molecule has 0 rings (SSSR count). The molecule has 2 N–H and O–H groups in total.